The monoisotopic (exact) mass is 476 g/mol. The summed E-state index contributed by atoms with van der Waals surface area (Å²) in [6.07, 6.45) is -1.10. The summed E-state index contributed by atoms with van der Waals surface area (Å²) in [5.74, 6) is -0.732. The van der Waals surface area contributed by atoms with E-state index in [9.17, 15) is 22.8 Å². The molecule has 0 aliphatic carbocycles. The van der Waals surface area contributed by atoms with Gasteiger partial charge in [-0.2, -0.15) is 0 Å². The minimum atomic E-state index is -3.88. The van der Waals surface area contributed by atoms with Gasteiger partial charge < -0.3 is 14.8 Å². The lowest BCUT2D eigenvalue weighted by atomic mass is 10.2. The smallest absolute Gasteiger partial charge is 0.413 e. The van der Waals surface area contributed by atoms with Crippen molar-refractivity contribution in [3.63, 3.8) is 0 Å². The van der Waals surface area contributed by atoms with E-state index < -0.39 is 22.0 Å². The van der Waals surface area contributed by atoms with Gasteiger partial charge in [0.15, 0.2) is 0 Å². The molecule has 0 saturated heterocycles. The predicted octanol–water partition coefficient (Wildman–Crippen LogP) is 2.96. The Morgan fingerprint density at radius 1 is 0.909 bits per heavy atom. The van der Waals surface area contributed by atoms with Crippen LogP contribution in [-0.2, 0) is 24.1 Å². The number of hydrogen-bond acceptors (Lipinski definition) is 8. The topological polar surface area (TPSA) is 152 Å². The van der Waals surface area contributed by atoms with Crippen LogP contribution in [0.2, 0.25) is 0 Å². The van der Waals surface area contributed by atoms with Crippen molar-refractivity contribution < 1.29 is 32.3 Å². The van der Waals surface area contributed by atoms with E-state index in [1.807, 2.05) is 6.92 Å². The number of rotatable bonds is 6. The van der Waals surface area contributed by atoms with Gasteiger partial charge in [-0.3, -0.25) is 15.4 Å². The highest BCUT2D eigenvalue weighted by Crippen LogP contribution is 2.31. The summed E-state index contributed by atoms with van der Waals surface area (Å²) in [5.41, 5.74) is 0.121. The SMILES string of the molecule is CCCC(=O)Nc1cc(S(=O)(=O)c2ccccc2)ccc1N=C(NC(=O)OC)NC(=O)OC. The molecule has 0 atom stereocenters. The van der Waals surface area contributed by atoms with Crippen molar-refractivity contribution in [2.24, 2.45) is 4.99 Å². The van der Waals surface area contributed by atoms with Gasteiger partial charge in [0.1, 0.15) is 0 Å². The zero-order valence-electron chi connectivity index (χ0n) is 18.2. The fourth-order valence-electron chi connectivity index (χ4n) is 2.56. The number of ether oxygens (including phenoxy) is 2. The molecule has 0 aromatic heterocycles. The fraction of sp³-hybridized carbons (Fsp3) is 0.238. The van der Waals surface area contributed by atoms with Crippen molar-refractivity contribution >= 4 is 45.3 Å². The molecule has 12 heteroatoms. The maximum atomic E-state index is 13.0. The van der Waals surface area contributed by atoms with E-state index in [1.54, 1.807) is 18.2 Å². The second-order valence-corrected chi connectivity index (χ2v) is 8.44. The lowest BCUT2D eigenvalue weighted by Crippen LogP contribution is -2.43. The van der Waals surface area contributed by atoms with E-state index in [0.717, 1.165) is 14.2 Å². The lowest BCUT2D eigenvalue weighted by Gasteiger charge is -2.13. The minimum Gasteiger partial charge on any atom is -0.453 e. The zero-order chi connectivity index (χ0) is 24.4. The third kappa shape index (κ3) is 7.04. The highest BCUT2D eigenvalue weighted by Gasteiger charge is 2.20. The Morgan fingerprint density at radius 2 is 1.52 bits per heavy atom. The van der Waals surface area contributed by atoms with Crippen LogP contribution in [0.5, 0.6) is 0 Å². The molecule has 3 amide bonds. The Bertz CT molecular complexity index is 1130. The average Bonchev–Trinajstić information content (AvgIpc) is 2.80. The lowest BCUT2D eigenvalue weighted by molar-refractivity contribution is -0.116. The molecule has 33 heavy (non-hydrogen) atoms. The predicted molar refractivity (Wildman–Crippen MR) is 120 cm³/mol. The van der Waals surface area contributed by atoms with Crippen molar-refractivity contribution in [2.45, 2.75) is 29.6 Å². The Morgan fingerprint density at radius 3 is 2.06 bits per heavy atom. The molecule has 2 aromatic carbocycles. The molecule has 2 aromatic rings. The summed E-state index contributed by atoms with van der Waals surface area (Å²) in [6, 6.07) is 11.7. The molecule has 0 bridgehead atoms. The number of alkyl carbamates (subject to hydrolysis) is 2. The first-order chi connectivity index (χ1) is 15.7. The van der Waals surface area contributed by atoms with Crippen molar-refractivity contribution in [3.8, 4) is 0 Å². The molecule has 11 nitrogen and oxygen atoms in total. The van der Waals surface area contributed by atoms with Crippen LogP contribution in [0.3, 0.4) is 0 Å². The van der Waals surface area contributed by atoms with Crippen LogP contribution < -0.4 is 16.0 Å². The van der Waals surface area contributed by atoms with Crippen LogP contribution in [0.1, 0.15) is 19.8 Å². The third-order valence-corrected chi connectivity index (χ3v) is 5.89. The molecule has 0 saturated carbocycles. The number of guanidine groups is 1. The summed E-state index contributed by atoms with van der Waals surface area (Å²) in [7, 11) is -1.65. The molecule has 0 aliphatic heterocycles. The van der Waals surface area contributed by atoms with Crippen molar-refractivity contribution in [2.75, 3.05) is 19.5 Å². The van der Waals surface area contributed by atoms with Crippen LogP contribution >= 0.6 is 0 Å². The molecule has 3 N–H and O–H groups in total. The maximum absolute atomic E-state index is 13.0. The quantitative estimate of drug-likeness (QED) is 0.428. The maximum Gasteiger partial charge on any atom is 0.413 e. The Hall–Kier alpha value is -3.93. The van der Waals surface area contributed by atoms with Gasteiger partial charge in [0, 0.05) is 6.42 Å². The van der Waals surface area contributed by atoms with Crippen LogP contribution in [0.4, 0.5) is 21.0 Å². The zero-order valence-corrected chi connectivity index (χ0v) is 19.1. The minimum absolute atomic E-state index is 0.0567. The second-order valence-electron chi connectivity index (χ2n) is 6.49. The number of methoxy groups -OCH3 is 2. The largest absolute Gasteiger partial charge is 0.453 e. The van der Waals surface area contributed by atoms with Gasteiger partial charge in [0.2, 0.25) is 21.7 Å². The number of aliphatic imine (C=N–C) groups is 1. The van der Waals surface area contributed by atoms with E-state index in [1.165, 1.54) is 30.3 Å². The molecule has 0 aliphatic rings. The molecule has 0 fully saturated rings. The van der Waals surface area contributed by atoms with Gasteiger partial charge in [0.05, 0.1) is 35.4 Å². The normalized spacial score (nSPS) is 10.5. The summed E-state index contributed by atoms with van der Waals surface area (Å²) < 4.78 is 35.0. The molecule has 2 rings (SSSR count). The summed E-state index contributed by atoms with van der Waals surface area (Å²) in [5, 5.41) is 7.02. The van der Waals surface area contributed by atoms with Crippen LogP contribution in [0, 0.1) is 0 Å². The number of carbonyl (C=O) groups excluding carboxylic acids is 3. The molecular formula is C21H24N4O7S. The van der Waals surface area contributed by atoms with Gasteiger partial charge in [-0.05, 0) is 36.8 Å². The molecule has 0 heterocycles. The molecule has 176 valence electrons. The van der Waals surface area contributed by atoms with Crippen molar-refractivity contribution in [1.82, 2.24) is 10.6 Å². The van der Waals surface area contributed by atoms with Crippen LogP contribution in [-0.4, -0.2) is 46.7 Å². The Labute approximate surface area is 191 Å². The standard InChI is InChI=1S/C21H24N4O7S/c1-4-8-18(26)22-17-13-15(33(29,30)14-9-6-5-7-10-14)11-12-16(17)23-19(24-20(27)31-2)25-21(28)32-3/h5-7,9-13H,4,8H2,1-3H3,(H,22,26)(H2,23,24,25,27,28). The Kier molecular flexibility index (Phi) is 8.92. The van der Waals surface area contributed by atoms with E-state index in [0.29, 0.717) is 6.42 Å². The number of nitrogens with one attached hydrogen (secondary N) is 3. The second kappa shape index (κ2) is 11.6. The highest BCUT2D eigenvalue weighted by atomic mass is 32.2. The van der Waals surface area contributed by atoms with E-state index in [4.69, 9.17) is 0 Å². The van der Waals surface area contributed by atoms with Crippen molar-refractivity contribution in [3.05, 3.63) is 48.5 Å². The number of carbonyl (C=O) groups is 3. The first-order valence-corrected chi connectivity index (χ1v) is 11.2. The number of hydrogen-bond donors (Lipinski definition) is 3. The van der Waals surface area contributed by atoms with Gasteiger partial charge >= 0.3 is 12.2 Å². The van der Waals surface area contributed by atoms with Gasteiger partial charge in [-0.25, -0.2) is 23.0 Å². The number of sulfone groups is 1. The van der Waals surface area contributed by atoms with Crippen LogP contribution in [0.25, 0.3) is 0 Å². The van der Waals surface area contributed by atoms with E-state index in [2.05, 4.69) is 30.4 Å². The van der Waals surface area contributed by atoms with Gasteiger partial charge in [-0.1, -0.05) is 25.1 Å². The Balaban J connectivity index is 2.57. The van der Waals surface area contributed by atoms with Crippen molar-refractivity contribution in [1.29, 1.82) is 0 Å². The summed E-state index contributed by atoms with van der Waals surface area (Å²) in [4.78, 5) is 39.6. The van der Waals surface area contributed by atoms with Gasteiger partial charge in [0.25, 0.3) is 0 Å². The van der Waals surface area contributed by atoms with Gasteiger partial charge in [-0.15, -0.1) is 0 Å². The van der Waals surface area contributed by atoms with Crippen LogP contribution in [0.15, 0.2) is 63.3 Å². The molecule has 0 unspecified atom stereocenters. The number of amides is 3. The number of benzene rings is 2. The first kappa shape index (κ1) is 25.3. The highest BCUT2D eigenvalue weighted by molar-refractivity contribution is 7.91. The number of anilines is 1. The van der Waals surface area contributed by atoms with E-state index >= 15 is 0 Å². The number of nitrogens with zero attached hydrogens (tertiary/aromatic N) is 1. The molecular weight excluding hydrogens is 452 g/mol. The third-order valence-electron chi connectivity index (χ3n) is 4.13. The molecule has 0 spiro atoms. The first-order valence-electron chi connectivity index (χ1n) is 9.74. The molecule has 0 radical (unpaired) electrons. The average molecular weight is 477 g/mol. The van der Waals surface area contributed by atoms with E-state index in [-0.39, 0.29) is 39.5 Å². The fourth-order valence-corrected chi connectivity index (χ4v) is 3.87. The summed E-state index contributed by atoms with van der Waals surface area (Å²) >= 11 is 0. The summed E-state index contributed by atoms with van der Waals surface area (Å²) in [6.45, 7) is 1.81.